The number of morpholine rings is 1. The molecule has 0 bridgehead atoms. The highest BCUT2D eigenvalue weighted by atomic mass is 16.5. The van der Waals surface area contributed by atoms with Crippen LogP contribution in [0.25, 0.3) is 0 Å². The molecule has 1 aromatic rings. The molecule has 0 saturated carbocycles. The first kappa shape index (κ1) is 10.3. The number of methoxy groups -OCH3 is 1. The highest BCUT2D eigenvalue weighted by Crippen LogP contribution is 2.35. The van der Waals surface area contributed by atoms with Gasteiger partial charge in [0.2, 0.25) is 0 Å². The lowest BCUT2D eigenvalue weighted by atomic mass is 10.1. The molecule has 0 aromatic heterocycles. The predicted octanol–water partition coefficient (Wildman–Crippen LogP) is 1.06. The van der Waals surface area contributed by atoms with Crippen molar-refractivity contribution in [3.63, 3.8) is 0 Å². The van der Waals surface area contributed by atoms with Gasteiger partial charge in [-0.3, -0.25) is 0 Å². The number of benzene rings is 1. The molecule has 1 aliphatic heterocycles. The van der Waals surface area contributed by atoms with Crippen LogP contribution in [0, 0.1) is 0 Å². The zero-order valence-corrected chi connectivity index (χ0v) is 8.69. The summed E-state index contributed by atoms with van der Waals surface area (Å²) in [5.41, 5.74) is 0.779. The average molecular weight is 209 g/mol. The van der Waals surface area contributed by atoms with Crippen molar-refractivity contribution in [1.29, 1.82) is 0 Å². The fourth-order valence-corrected chi connectivity index (χ4v) is 1.73. The average Bonchev–Trinajstić information content (AvgIpc) is 2.30. The number of rotatable bonds is 2. The Morgan fingerprint density at radius 1 is 1.53 bits per heavy atom. The SMILES string of the molecule is COc1cccc(C2CNCCO2)c1O. The van der Waals surface area contributed by atoms with Gasteiger partial charge in [-0.15, -0.1) is 0 Å². The van der Waals surface area contributed by atoms with E-state index in [1.807, 2.05) is 12.1 Å². The smallest absolute Gasteiger partial charge is 0.163 e. The molecule has 1 saturated heterocycles. The number of nitrogens with one attached hydrogen (secondary N) is 1. The number of aromatic hydroxyl groups is 1. The first-order valence-corrected chi connectivity index (χ1v) is 5.01. The topological polar surface area (TPSA) is 50.7 Å². The summed E-state index contributed by atoms with van der Waals surface area (Å²) in [6.07, 6.45) is -0.0890. The minimum absolute atomic E-state index is 0.0890. The van der Waals surface area contributed by atoms with Crippen molar-refractivity contribution in [3.05, 3.63) is 23.8 Å². The quantitative estimate of drug-likeness (QED) is 0.764. The van der Waals surface area contributed by atoms with E-state index >= 15 is 0 Å². The van der Waals surface area contributed by atoms with Crippen LogP contribution in [0.5, 0.6) is 11.5 Å². The third-order valence-corrected chi connectivity index (χ3v) is 2.52. The van der Waals surface area contributed by atoms with E-state index in [4.69, 9.17) is 9.47 Å². The van der Waals surface area contributed by atoms with Gasteiger partial charge in [0.05, 0.1) is 19.8 Å². The number of para-hydroxylation sites is 1. The van der Waals surface area contributed by atoms with Gasteiger partial charge in [0.15, 0.2) is 11.5 Å². The van der Waals surface area contributed by atoms with Crippen molar-refractivity contribution in [2.45, 2.75) is 6.10 Å². The van der Waals surface area contributed by atoms with Gasteiger partial charge < -0.3 is 19.9 Å². The fraction of sp³-hybridized carbons (Fsp3) is 0.455. The van der Waals surface area contributed by atoms with Crippen LogP contribution in [0.4, 0.5) is 0 Å². The third-order valence-electron chi connectivity index (χ3n) is 2.52. The van der Waals surface area contributed by atoms with E-state index in [0.29, 0.717) is 12.4 Å². The summed E-state index contributed by atoms with van der Waals surface area (Å²) in [4.78, 5) is 0. The molecule has 1 aromatic carbocycles. The van der Waals surface area contributed by atoms with E-state index in [1.165, 1.54) is 0 Å². The van der Waals surface area contributed by atoms with Crippen LogP contribution in [-0.4, -0.2) is 31.9 Å². The van der Waals surface area contributed by atoms with Crippen molar-refractivity contribution in [2.24, 2.45) is 0 Å². The predicted molar refractivity (Wildman–Crippen MR) is 56.2 cm³/mol. The number of hydrogen-bond acceptors (Lipinski definition) is 4. The summed E-state index contributed by atoms with van der Waals surface area (Å²) in [6, 6.07) is 5.44. The van der Waals surface area contributed by atoms with Crippen LogP contribution in [0.1, 0.15) is 11.7 Å². The zero-order chi connectivity index (χ0) is 10.7. The van der Waals surface area contributed by atoms with E-state index < -0.39 is 0 Å². The van der Waals surface area contributed by atoms with Crippen LogP contribution in [0.15, 0.2) is 18.2 Å². The fourth-order valence-electron chi connectivity index (χ4n) is 1.73. The van der Waals surface area contributed by atoms with E-state index in [0.717, 1.165) is 18.7 Å². The molecule has 4 heteroatoms. The maximum Gasteiger partial charge on any atom is 0.163 e. The highest BCUT2D eigenvalue weighted by molar-refractivity contribution is 5.46. The van der Waals surface area contributed by atoms with Gasteiger partial charge in [0.1, 0.15) is 0 Å². The first-order valence-electron chi connectivity index (χ1n) is 5.01. The number of phenols is 1. The minimum Gasteiger partial charge on any atom is -0.504 e. The van der Waals surface area contributed by atoms with Crippen LogP contribution in [0.3, 0.4) is 0 Å². The van der Waals surface area contributed by atoms with Gasteiger partial charge >= 0.3 is 0 Å². The number of phenolic OH excluding ortho intramolecular Hbond substituents is 1. The Morgan fingerprint density at radius 2 is 2.40 bits per heavy atom. The van der Waals surface area contributed by atoms with E-state index in [-0.39, 0.29) is 11.9 Å². The molecule has 1 fully saturated rings. The Balaban J connectivity index is 2.26. The van der Waals surface area contributed by atoms with Crippen LogP contribution in [0.2, 0.25) is 0 Å². The monoisotopic (exact) mass is 209 g/mol. The molecular weight excluding hydrogens is 194 g/mol. The third kappa shape index (κ3) is 2.06. The Labute approximate surface area is 88.8 Å². The lowest BCUT2D eigenvalue weighted by Gasteiger charge is -2.24. The highest BCUT2D eigenvalue weighted by Gasteiger charge is 2.20. The largest absolute Gasteiger partial charge is 0.504 e. The van der Waals surface area contributed by atoms with Gasteiger partial charge in [0, 0.05) is 18.7 Å². The molecule has 0 aliphatic carbocycles. The van der Waals surface area contributed by atoms with Crippen molar-refractivity contribution < 1.29 is 14.6 Å². The summed E-state index contributed by atoms with van der Waals surface area (Å²) in [6.45, 7) is 2.25. The second-order valence-electron chi connectivity index (χ2n) is 3.46. The molecule has 1 atom stereocenters. The van der Waals surface area contributed by atoms with Gasteiger partial charge in [-0.25, -0.2) is 0 Å². The van der Waals surface area contributed by atoms with Gasteiger partial charge in [-0.2, -0.15) is 0 Å². The maximum absolute atomic E-state index is 9.91. The maximum atomic E-state index is 9.91. The zero-order valence-electron chi connectivity index (χ0n) is 8.69. The molecule has 82 valence electrons. The Morgan fingerprint density at radius 3 is 3.07 bits per heavy atom. The van der Waals surface area contributed by atoms with Gasteiger partial charge in [0.25, 0.3) is 0 Å². The first-order chi connectivity index (χ1) is 7.33. The molecule has 2 rings (SSSR count). The number of ether oxygens (including phenoxy) is 2. The molecule has 15 heavy (non-hydrogen) atoms. The van der Waals surface area contributed by atoms with Crippen LogP contribution >= 0.6 is 0 Å². The molecule has 1 heterocycles. The molecule has 4 nitrogen and oxygen atoms in total. The Kier molecular flexibility index (Phi) is 3.08. The normalized spacial score (nSPS) is 21.3. The second-order valence-corrected chi connectivity index (χ2v) is 3.46. The lowest BCUT2D eigenvalue weighted by Crippen LogP contribution is -2.33. The van der Waals surface area contributed by atoms with Crippen molar-refractivity contribution in [3.8, 4) is 11.5 Å². The molecule has 2 N–H and O–H groups in total. The van der Waals surface area contributed by atoms with Gasteiger partial charge in [-0.05, 0) is 6.07 Å². The van der Waals surface area contributed by atoms with Crippen LogP contribution in [-0.2, 0) is 4.74 Å². The minimum atomic E-state index is -0.0890. The van der Waals surface area contributed by atoms with E-state index in [2.05, 4.69) is 5.32 Å². The Bertz CT molecular complexity index is 335. The molecule has 1 aliphatic rings. The van der Waals surface area contributed by atoms with Crippen LogP contribution < -0.4 is 10.1 Å². The molecular formula is C11H15NO3. The summed E-state index contributed by atoms with van der Waals surface area (Å²) in [7, 11) is 1.54. The molecule has 1 unspecified atom stereocenters. The second kappa shape index (κ2) is 4.51. The molecule has 0 spiro atoms. The van der Waals surface area contributed by atoms with E-state index in [9.17, 15) is 5.11 Å². The van der Waals surface area contributed by atoms with Crippen molar-refractivity contribution in [2.75, 3.05) is 26.8 Å². The summed E-state index contributed by atoms with van der Waals surface area (Å²) in [5, 5.41) is 13.1. The lowest BCUT2D eigenvalue weighted by molar-refractivity contribution is 0.0261. The van der Waals surface area contributed by atoms with Crippen molar-refractivity contribution >= 4 is 0 Å². The Hall–Kier alpha value is -1.26. The van der Waals surface area contributed by atoms with E-state index in [1.54, 1.807) is 13.2 Å². The standard InChI is InChI=1S/C11H15NO3/c1-14-9-4-2-3-8(11(9)13)10-7-12-5-6-15-10/h2-4,10,12-13H,5-7H2,1H3. The van der Waals surface area contributed by atoms with Crippen molar-refractivity contribution in [1.82, 2.24) is 5.32 Å². The molecule has 0 radical (unpaired) electrons. The summed E-state index contributed by atoms with van der Waals surface area (Å²) in [5.74, 6) is 0.662. The molecule has 0 amide bonds. The summed E-state index contributed by atoms with van der Waals surface area (Å²) >= 11 is 0. The summed E-state index contributed by atoms with van der Waals surface area (Å²) < 4.78 is 10.6. The van der Waals surface area contributed by atoms with Gasteiger partial charge in [-0.1, -0.05) is 12.1 Å². The number of hydrogen-bond donors (Lipinski definition) is 2.